The van der Waals surface area contributed by atoms with Gasteiger partial charge in [-0.25, -0.2) is 9.97 Å². The summed E-state index contributed by atoms with van der Waals surface area (Å²) in [5.74, 6) is 2.53. The molecule has 0 radical (unpaired) electrons. The highest BCUT2D eigenvalue weighted by atomic mass is 16.5. The van der Waals surface area contributed by atoms with E-state index >= 15 is 0 Å². The first-order valence-electron chi connectivity index (χ1n) is 14.3. The van der Waals surface area contributed by atoms with E-state index in [1.54, 1.807) is 0 Å². The number of hydrogen-bond acceptors (Lipinski definition) is 3. The van der Waals surface area contributed by atoms with Crippen LogP contribution < -0.4 is 4.74 Å². The second kappa shape index (κ2) is 18.4. The van der Waals surface area contributed by atoms with Crippen molar-refractivity contribution in [2.24, 2.45) is 5.92 Å². The maximum atomic E-state index is 6.15. The third-order valence-corrected chi connectivity index (χ3v) is 6.92. The number of unbranched alkanes of at least 4 members (excludes halogenated alkanes) is 11. The molecule has 0 spiro atoms. The van der Waals surface area contributed by atoms with Crippen molar-refractivity contribution in [3.05, 3.63) is 42.2 Å². The number of hydrogen-bond donors (Lipinski definition) is 0. The standard InChI is InChI=1S/C31H50N2O/c1-4-6-7-8-9-10-11-12-13-16-21-28-24-25-32-31(33-28)29-22-17-18-23-30(29)34-26-19-14-15-20-27(3)5-2/h17-18,22-25,27H,4-16,19-21,26H2,1-3H3. The molecule has 3 nitrogen and oxygen atoms in total. The van der Waals surface area contributed by atoms with Gasteiger partial charge in [-0.05, 0) is 43.4 Å². The molecule has 1 heterocycles. The molecule has 0 aliphatic carbocycles. The van der Waals surface area contributed by atoms with Crippen molar-refractivity contribution in [3.8, 4) is 17.1 Å². The lowest BCUT2D eigenvalue weighted by Crippen LogP contribution is -2.01. The van der Waals surface area contributed by atoms with Crippen LogP contribution in [-0.2, 0) is 6.42 Å². The normalized spacial score (nSPS) is 12.1. The highest BCUT2D eigenvalue weighted by Crippen LogP contribution is 2.27. The van der Waals surface area contributed by atoms with Gasteiger partial charge in [0.25, 0.3) is 0 Å². The molecule has 0 aliphatic rings. The summed E-state index contributed by atoms with van der Waals surface area (Å²) in [6.45, 7) is 7.66. The minimum absolute atomic E-state index is 0.760. The molecule has 34 heavy (non-hydrogen) atoms. The number of benzene rings is 1. The van der Waals surface area contributed by atoms with Crippen molar-refractivity contribution in [3.63, 3.8) is 0 Å². The van der Waals surface area contributed by atoms with Crippen LogP contribution in [0.4, 0.5) is 0 Å². The molecule has 0 aliphatic heterocycles. The van der Waals surface area contributed by atoms with Crippen molar-refractivity contribution in [1.82, 2.24) is 9.97 Å². The Kier molecular flexibility index (Phi) is 15.4. The van der Waals surface area contributed by atoms with E-state index in [1.807, 2.05) is 24.4 Å². The molecule has 3 heteroatoms. The number of aryl methyl sites for hydroxylation is 1. The zero-order valence-electron chi connectivity index (χ0n) is 22.4. The Balaban J connectivity index is 1.72. The highest BCUT2D eigenvalue weighted by Gasteiger charge is 2.10. The van der Waals surface area contributed by atoms with E-state index in [9.17, 15) is 0 Å². The van der Waals surface area contributed by atoms with Crippen LogP contribution in [0.3, 0.4) is 0 Å². The van der Waals surface area contributed by atoms with Gasteiger partial charge in [-0.15, -0.1) is 0 Å². The van der Waals surface area contributed by atoms with Gasteiger partial charge in [-0.3, -0.25) is 0 Å². The third kappa shape index (κ3) is 12.0. The number of aromatic nitrogens is 2. The van der Waals surface area contributed by atoms with Crippen molar-refractivity contribution in [2.75, 3.05) is 6.61 Å². The summed E-state index contributed by atoms with van der Waals surface area (Å²) in [5.41, 5.74) is 2.15. The monoisotopic (exact) mass is 466 g/mol. The fraction of sp³-hybridized carbons (Fsp3) is 0.677. The van der Waals surface area contributed by atoms with E-state index in [4.69, 9.17) is 9.72 Å². The summed E-state index contributed by atoms with van der Waals surface area (Å²) < 4.78 is 6.15. The van der Waals surface area contributed by atoms with Crippen molar-refractivity contribution < 1.29 is 4.74 Å². The molecule has 1 aromatic heterocycles. The van der Waals surface area contributed by atoms with E-state index in [0.29, 0.717) is 0 Å². The molecule has 2 rings (SSSR count). The number of rotatable bonds is 20. The molecular formula is C31H50N2O. The van der Waals surface area contributed by atoms with E-state index in [2.05, 4.69) is 37.9 Å². The lowest BCUT2D eigenvalue weighted by Gasteiger charge is -2.12. The fourth-order valence-corrected chi connectivity index (χ4v) is 4.39. The van der Waals surface area contributed by atoms with Crippen LogP contribution in [0.2, 0.25) is 0 Å². The lowest BCUT2D eigenvalue weighted by atomic mass is 10.0. The van der Waals surface area contributed by atoms with Crippen LogP contribution in [-0.4, -0.2) is 16.6 Å². The molecule has 0 bridgehead atoms. The van der Waals surface area contributed by atoms with Crippen LogP contribution in [0.5, 0.6) is 5.75 Å². The summed E-state index contributed by atoms with van der Waals surface area (Å²) >= 11 is 0. The van der Waals surface area contributed by atoms with E-state index in [-0.39, 0.29) is 0 Å². The SMILES string of the molecule is CCCCCCCCCCCCc1ccnc(-c2ccccc2OCCCCCC(C)CC)n1. The number of nitrogens with zero attached hydrogens (tertiary/aromatic N) is 2. The van der Waals surface area contributed by atoms with Crippen LogP contribution >= 0.6 is 0 Å². The molecule has 190 valence electrons. The quantitative estimate of drug-likeness (QED) is 0.182. The lowest BCUT2D eigenvalue weighted by molar-refractivity contribution is 0.303. The van der Waals surface area contributed by atoms with E-state index < -0.39 is 0 Å². The average molecular weight is 467 g/mol. The van der Waals surface area contributed by atoms with Gasteiger partial charge in [-0.2, -0.15) is 0 Å². The summed E-state index contributed by atoms with van der Waals surface area (Å²) in [6.07, 6.45) is 22.8. The first-order chi connectivity index (χ1) is 16.7. The Hall–Kier alpha value is -1.90. The largest absolute Gasteiger partial charge is 0.493 e. The van der Waals surface area contributed by atoms with Gasteiger partial charge < -0.3 is 4.74 Å². The summed E-state index contributed by atoms with van der Waals surface area (Å²) in [7, 11) is 0. The Morgan fingerprint density at radius 2 is 1.44 bits per heavy atom. The van der Waals surface area contributed by atoms with Gasteiger partial charge in [0.15, 0.2) is 5.82 Å². The van der Waals surface area contributed by atoms with Gasteiger partial charge in [0.2, 0.25) is 0 Å². The van der Waals surface area contributed by atoms with Gasteiger partial charge in [-0.1, -0.05) is 116 Å². The van der Waals surface area contributed by atoms with Gasteiger partial charge in [0.05, 0.1) is 12.2 Å². The Bertz CT molecular complexity index is 761. The number of para-hydroxylation sites is 1. The minimum Gasteiger partial charge on any atom is -0.493 e. The molecule has 0 N–H and O–H groups in total. The Labute approximate surface area is 210 Å². The molecule has 0 saturated heterocycles. The van der Waals surface area contributed by atoms with Crippen LogP contribution in [0.25, 0.3) is 11.4 Å². The van der Waals surface area contributed by atoms with E-state index in [0.717, 1.165) is 48.2 Å². The third-order valence-electron chi connectivity index (χ3n) is 6.92. The summed E-state index contributed by atoms with van der Waals surface area (Å²) in [6, 6.07) is 10.3. The molecule has 1 atom stereocenters. The topological polar surface area (TPSA) is 35.0 Å². The maximum absolute atomic E-state index is 6.15. The molecule has 1 unspecified atom stereocenters. The molecular weight excluding hydrogens is 416 g/mol. The van der Waals surface area contributed by atoms with E-state index in [1.165, 1.54) is 89.9 Å². The second-order valence-corrected chi connectivity index (χ2v) is 10.0. The fourth-order valence-electron chi connectivity index (χ4n) is 4.39. The van der Waals surface area contributed by atoms with Crippen molar-refractivity contribution in [1.29, 1.82) is 0 Å². The molecule has 2 aromatic rings. The zero-order valence-corrected chi connectivity index (χ0v) is 22.4. The molecule has 0 saturated carbocycles. The zero-order chi connectivity index (χ0) is 24.3. The smallest absolute Gasteiger partial charge is 0.163 e. The highest BCUT2D eigenvalue weighted by molar-refractivity contribution is 5.63. The molecule has 0 fully saturated rings. The minimum atomic E-state index is 0.760. The summed E-state index contributed by atoms with van der Waals surface area (Å²) in [5, 5.41) is 0. The predicted molar refractivity (Wildman–Crippen MR) is 146 cm³/mol. The molecule has 1 aromatic carbocycles. The maximum Gasteiger partial charge on any atom is 0.163 e. The van der Waals surface area contributed by atoms with Gasteiger partial charge in [0, 0.05) is 11.9 Å². The predicted octanol–water partition coefficient (Wildman–Crippen LogP) is 9.59. The van der Waals surface area contributed by atoms with Crippen molar-refractivity contribution >= 4 is 0 Å². The number of ether oxygens (including phenoxy) is 1. The Morgan fingerprint density at radius 3 is 2.18 bits per heavy atom. The van der Waals surface area contributed by atoms with Gasteiger partial charge >= 0.3 is 0 Å². The average Bonchev–Trinajstić information content (AvgIpc) is 2.87. The van der Waals surface area contributed by atoms with Crippen LogP contribution in [0.15, 0.2) is 36.5 Å². The van der Waals surface area contributed by atoms with Crippen LogP contribution in [0, 0.1) is 5.92 Å². The molecule has 0 amide bonds. The summed E-state index contributed by atoms with van der Waals surface area (Å²) in [4.78, 5) is 9.44. The first kappa shape index (κ1) is 28.3. The Morgan fingerprint density at radius 1 is 0.765 bits per heavy atom. The first-order valence-corrected chi connectivity index (χ1v) is 14.3. The van der Waals surface area contributed by atoms with Crippen molar-refractivity contribution in [2.45, 2.75) is 124 Å². The van der Waals surface area contributed by atoms with Gasteiger partial charge in [0.1, 0.15) is 5.75 Å². The second-order valence-electron chi connectivity index (χ2n) is 10.0. The van der Waals surface area contributed by atoms with Crippen LogP contribution in [0.1, 0.15) is 123 Å².